The van der Waals surface area contributed by atoms with E-state index in [2.05, 4.69) is 5.32 Å². The van der Waals surface area contributed by atoms with Gasteiger partial charge in [0.15, 0.2) is 0 Å². The van der Waals surface area contributed by atoms with E-state index in [0.717, 1.165) is 4.90 Å². The molecule has 7 nitrogen and oxygen atoms in total. The molecule has 1 atom stereocenters. The average Bonchev–Trinajstić information content (AvgIpc) is 2.83. The molecule has 2 aromatic rings. The molecule has 1 heterocycles. The topological polar surface area (TPSA) is 92.5 Å². The number of carbonyl (C=O) groups excluding carboxylic acids is 2. The lowest BCUT2D eigenvalue weighted by Gasteiger charge is -2.16. The minimum Gasteiger partial charge on any atom is -0.373 e. The second-order valence-electron chi connectivity index (χ2n) is 5.25. The highest BCUT2D eigenvalue weighted by molar-refractivity contribution is 6.30. The van der Waals surface area contributed by atoms with E-state index in [9.17, 15) is 19.7 Å². The Morgan fingerprint density at radius 2 is 1.88 bits per heavy atom. The van der Waals surface area contributed by atoms with E-state index in [0.29, 0.717) is 16.4 Å². The van der Waals surface area contributed by atoms with Gasteiger partial charge in [-0.25, -0.2) is 4.90 Å². The number of nitro groups is 1. The van der Waals surface area contributed by atoms with E-state index < -0.39 is 16.9 Å². The fourth-order valence-electron chi connectivity index (χ4n) is 2.52. The Labute approximate surface area is 142 Å². The molecule has 0 spiro atoms. The number of imide groups is 1. The predicted octanol–water partition coefficient (Wildman–Crippen LogP) is 2.99. The summed E-state index contributed by atoms with van der Waals surface area (Å²) in [6, 6.07) is 11.4. The maximum Gasteiger partial charge on any atom is 0.271 e. The molecule has 2 aromatic carbocycles. The van der Waals surface area contributed by atoms with Gasteiger partial charge in [-0.1, -0.05) is 17.7 Å². The first-order chi connectivity index (χ1) is 11.5. The summed E-state index contributed by atoms with van der Waals surface area (Å²) >= 11 is 5.81. The van der Waals surface area contributed by atoms with Crippen LogP contribution in [0.2, 0.25) is 5.02 Å². The number of carbonyl (C=O) groups is 2. The van der Waals surface area contributed by atoms with Crippen LogP contribution in [0.25, 0.3) is 0 Å². The number of nitrogens with one attached hydrogen (secondary N) is 1. The third-order valence-electron chi connectivity index (χ3n) is 3.63. The predicted molar refractivity (Wildman–Crippen MR) is 89.1 cm³/mol. The number of hydrogen-bond acceptors (Lipinski definition) is 5. The number of anilines is 2. The first-order valence-electron chi connectivity index (χ1n) is 7.09. The van der Waals surface area contributed by atoms with Crippen LogP contribution in [0.4, 0.5) is 17.1 Å². The van der Waals surface area contributed by atoms with Gasteiger partial charge in [-0.15, -0.1) is 0 Å². The van der Waals surface area contributed by atoms with Crippen LogP contribution in [0, 0.1) is 10.1 Å². The van der Waals surface area contributed by atoms with Crippen LogP contribution >= 0.6 is 11.6 Å². The maximum absolute atomic E-state index is 12.5. The molecule has 0 unspecified atom stereocenters. The Morgan fingerprint density at radius 1 is 1.17 bits per heavy atom. The van der Waals surface area contributed by atoms with Gasteiger partial charge in [0.2, 0.25) is 5.91 Å². The molecule has 3 rings (SSSR count). The Balaban J connectivity index is 1.80. The third-order valence-corrected chi connectivity index (χ3v) is 3.88. The molecule has 0 radical (unpaired) electrons. The van der Waals surface area contributed by atoms with Gasteiger partial charge in [0.1, 0.15) is 6.04 Å². The van der Waals surface area contributed by atoms with E-state index in [-0.39, 0.29) is 18.0 Å². The summed E-state index contributed by atoms with van der Waals surface area (Å²) in [6.07, 6.45) is -0.0237. The van der Waals surface area contributed by atoms with E-state index in [1.807, 2.05) is 0 Å². The van der Waals surface area contributed by atoms with Gasteiger partial charge in [0.25, 0.3) is 11.6 Å². The van der Waals surface area contributed by atoms with E-state index in [1.165, 1.54) is 18.2 Å². The summed E-state index contributed by atoms with van der Waals surface area (Å²) in [5.74, 6) is -0.751. The van der Waals surface area contributed by atoms with Gasteiger partial charge in [-0.2, -0.15) is 0 Å². The third kappa shape index (κ3) is 3.07. The largest absolute Gasteiger partial charge is 0.373 e. The molecule has 0 aromatic heterocycles. The number of benzene rings is 2. The molecule has 1 saturated heterocycles. The highest BCUT2D eigenvalue weighted by atomic mass is 35.5. The van der Waals surface area contributed by atoms with Gasteiger partial charge in [-0.05, 0) is 30.3 Å². The van der Waals surface area contributed by atoms with Gasteiger partial charge in [-0.3, -0.25) is 19.7 Å². The number of halogens is 1. The normalized spacial score (nSPS) is 17.2. The SMILES string of the molecule is O=C1C[C@@H](Nc2cccc([N+](=O)[O-])c2)C(=O)N1c1ccc(Cl)cc1. The standard InChI is InChI=1S/C16H12ClN3O4/c17-10-4-6-12(7-5-10)19-15(21)9-14(16(19)22)18-11-2-1-3-13(8-11)20(23)24/h1-8,14,18H,9H2/t14-/m1/s1. The minimum absolute atomic E-state index is 0.0237. The van der Waals surface area contributed by atoms with E-state index >= 15 is 0 Å². The lowest BCUT2D eigenvalue weighted by atomic mass is 10.2. The molecule has 8 heteroatoms. The Kier molecular flexibility index (Phi) is 4.18. The molecule has 1 aliphatic rings. The van der Waals surface area contributed by atoms with Crippen LogP contribution in [0.1, 0.15) is 6.42 Å². The molecule has 24 heavy (non-hydrogen) atoms. The number of nitro benzene ring substituents is 1. The molecular formula is C16H12ClN3O4. The van der Waals surface area contributed by atoms with Gasteiger partial charge < -0.3 is 5.32 Å². The van der Waals surface area contributed by atoms with Crippen molar-refractivity contribution >= 4 is 40.5 Å². The van der Waals surface area contributed by atoms with Crippen molar-refractivity contribution in [1.29, 1.82) is 0 Å². The average molecular weight is 346 g/mol. The van der Waals surface area contributed by atoms with Crippen molar-refractivity contribution in [3.8, 4) is 0 Å². The summed E-state index contributed by atoms with van der Waals surface area (Å²) < 4.78 is 0. The van der Waals surface area contributed by atoms with Gasteiger partial charge in [0.05, 0.1) is 17.0 Å². The van der Waals surface area contributed by atoms with Crippen LogP contribution in [-0.2, 0) is 9.59 Å². The Hall–Kier alpha value is -2.93. The van der Waals surface area contributed by atoms with Crippen molar-refractivity contribution in [3.05, 3.63) is 63.7 Å². The zero-order valence-electron chi connectivity index (χ0n) is 12.3. The molecule has 0 aliphatic carbocycles. The van der Waals surface area contributed by atoms with Crippen molar-refractivity contribution in [1.82, 2.24) is 0 Å². The molecule has 0 bridgehead atoms. The van der Waals surface area contributed by atoms with Crippen molar-refractivity contribution in [3.63, 3.8) is 0 Å². The van der Waals surface area contributed by atoms with Crippen LogP contribution in [-0.4, -0.2) is 22.8 Å². The summed E-state index contributed by atoms with van der Waals surface area (Å²) in [6.45, 7) is 0. The summed E-state index contributed by atoms with van der Waals surface area (Å²) in [7, 11) is 0. The smallest absolute Gasteiger partial charge is 0.271 e. The number of non-ortho nitro benzene ring substituents is 1. The van der Waals surface area contributed by atoms with Crippen LogP contribution in [0.15, 0.2) is 48.5 Å². The van der Waals surface area contributed by atoms with Crippen LogP contribution in [0.5, 0.6) is 0 Å². The molecule has 1 fully saturated rings. The Morgan fingerprint density at radius 3 is 2.54 bits per heavy atom. The van der Waals surface area contributed by atoms with E-state index in [4.69, 9.17) is 11.6 Å². The second kappa shape index (κ2) is 6.29. The highest BCUT2D eigenvalue weighted by Gasteiger charge is 2.39. The molecular weight excluding hydrogens is 334 g/mol. The summed E-state index contributed by atoms with van der Waals surface area (Å²) in [5.41, 5.74) is 0.761. The quantitative estimate of drug-likeness (QED) is 0.522. The second-order valence-corrected chi connectivity index (χ2v) is 5.69. The number of rotatable bonds is 4. The number of nitrogens with zero attached hydrogens (tertiary/aromatic N) is 2. The lowest BCUT2D eigenvalue weighted by molar-refractivity contribution is -0.384. The number of amides is 2. The monoisotopic (exact) mass is 345 g/mol. The summed E-state index contributed by atoms with van der Waals surface area (Å²) in [5, 5.41) is 14.2. The molecule has 2 amide bonds. The molecule has 0 saturated carbocycles. The van der Waals surface area contributed by atoms with Crippen molar-refractivity contribution < 1.29 is 14.5 Å². The van der Waals surface area contributed by atoms with Crippen LogP contribution < -0.4 is 10.2 Å². The van der Waals surface area contributed by atoms with Crippen LogP contribution in [0.3, 0.4) is 0 Å². The molecule has 122 valence electrons. The van der Waals surface area contributed by atoms with Crippen molar-refractivity contribution in [2.75, 3.05) is 10.2 Å². The van der Waals surface area contributed by atoms with Crippen molar-refractivity contribution in [2.24, 2.45) is 0 Å². The van der Waals surface area contributed by atoms with Crippen molar-refractivity contribution in [2.45, 2.75) is 12.5 Å². The number of hydrogen-bond donors (Lipinski definition) is 1. The molecule has 1 N–H and O–H groups in total. The fraction of sp³-hybridized carbons (Fsp3) is 0.125. The zero-order chi connectivity index (χ0) is 17.3. The van der Waals surface area contributed by atoms with Gasteiger partial charge in [0, 0.05) is 22.8 Å². The molecule has 1 aliphatic heterocycles. The summed E-state index contributed by atoms with van der Waals surface area (Å²) in [4.78, 5) is 36.0. The first kappa shape index (κ1) is 15.9. The lowest BCUT2D eigenvalue weighted by Crippen LogP contribution is -2.34. The maximum atomic E-state index is 12.5. The zero-order valence-corrected chi connectivity index (χ0v) is 13.1. The van der Waals surface area contributed by atoms with Gasteiger partial charge >= 0.3 is 0 Å². The minimum atomic E-state index is -0.768. The highest BCUT2D eigenvalue weighted by Crippen LogP contribution is 2.27. The Bertz CT molecular complexity index is 822. The first-order valence-corrected chi connectivity index (χ1v) is 7.47. The fourth-order valence-corrected chi connectivity index (χ4v) is 2.64. The van der Waals surface area contributed by atoms with E-state index in [1.54, 1.807) is 30.3 Å².